The van der Waals surface area contributed by atoms with Gasteiger partial charge in [-0.1, -0.05) is 45.2 Å². The molecule has 47 heavy (non-hydrogen) atoms. The minimum absolute atomic E-state index is 0.0315. The van der Waals surface area contributed by atoms with E-state index in [0.29, 0.717) is 12.3 Å². The van der Waals surface area contributed by atoms with E-state index in [9.17, 15) is 28.8 Å². The van der Waals surface area contributed by atoms with Crippen molar-refractivity contribution in [2.45, 2.75) is 116 Å². The number of aryl methyl sites for hydroxylation is 1. The molecule has 0 aromatic carbocycles. The number of likely N-dealkylation sites (tertiary alicyclic amines) is 1. The van der Waals surface area contributed by atoms with Crippen LogP contribution in [0.15, 0.2) is 10.6 Å². The minimum atomic E-state index is -0.978. The Morgan fingerprint density at radius 3 is 2.43 bits per heavy atom. The molecule has 13 heteroatoms. The predicted octanol–water partition coefficient (Wildman–Crippen LogP) is 1.39. The molecule has 2 unspecified atom stereocenters. The highest BCUT2D eigenvalue weighted by atomic mass is 16.5. The molecular formula is C34H46N6O7. The van der Waals surface area contributed by atoms with Crippen LogP contribution in [0.2, 0.25) is 0 Å². The maximum atomic E-state index is 14.5. The number of carbonyl (C=O) groups is 6. The average Bonchev–Trinajstić information content (AvgIpc) is 3.84. The quantitative estimate of drug-likeness (QED) is 0.290. The number of hydrogen-bond donors (Lipinski definition) is 4. The molecule has 254 valence electrons. The van der Waals surface area contributed by atoms with Crippen molar-refractivity contribution in [3.05, 3.63) is 17.5 Å². The van der Waals surface area contributed by atoms with Crippen molar-refractivity contribution in [2.75, 3.05) is 6.54 Å². The molecule has 1 aromatic heterocycles. The summed E-state index contributed by atoms with van der Waals surface area (Å²) in [5.41, 5.74) is -1.16. The van der Waals surface area contributed by atoms with E-state index in [1.54, 1.807) is 11.8 Å². The molecule has 0 radical (unpaired) electrons. The topological polar surface area (TPSA) is 180 Å². The van der Waals surface area contributed by atoms with Gasteiger partial charge in [-0.05, 0) is 68.6 Å². The van der Waals surface area contributed by atoms with Gasteiger partial charge in [-0.25, -0.2) is 0 Å². The average molecular weight is 651 g/mol. The summed E-state index contributed by atoms with van der Waals surface area (Å²) in [4.78, 5) is 83.2. The van der Waals surface area contributed by atoms with E-state index in [0.717, 1.165) is 57.8 Å². The van der Waals surface area contributed by atoms with Gasteiger partial charge in [0.05, 0.1) is 0 Å². The number of nitrogens with zero attached hydrogens (tertiary/aromatic N) is 2. The van der Waals surface area contributed by atoms with Gasteiger partial charge in [-0.15, -0.1) is 0 Å². The summed E-state index contributed by atoms with van der Waals surface area (Å²) in [6.45, 7) is 7.64. The normalized spacial score (nSPS) is 32.4. The van der Waals surface area contributed by atoms with Crippen LogP contribution in [0.1, 0.15) is 94.8 Å². The number of hydrogen-bond acceptors (Lipinski definition) is 8. The minimum Gasteiger partial charge on any atom is -0.361 e. The zero-order chi connectivity index (χ0) is 33.4. The van der Waals surface area contributed by atoms with Gasteiger partial charge in [0.15, 0.2) is 5.69 Å². The summed E-state index contributed by atoms with van der Waals surface area (Å²) in [6.07, 6.45) is 7.72. The summed E-state index contributed by atoms with van der Waals surface area (Å²) < 4.78 is 5.07. The van der Waals surface area contributed by atoms with Gasteiger partial charge in [-0.2, -0.15) is 0 Å². The van der Waals surface area contributed by atoms with Gasteiger partial charge < -0.3 is 30.7 Å². The van der Waals surface area contributed by atoms with Gasteiger partial charge >= 0.3 is 0 Å². The molecule has 5 amide bonds. The SMILES string of the molecule is Cc1cc(C(=O)N[C@H](C(=O)N[C@H](C(=O)N2C[C@@H]3CC4CC45[C@@H]3[C@H]2C(=O)N[C@@H]5C(=O)C(=O)NC2CC2)C(C)(C)C)C2CCCCC2)no1. The molecule has 8 atom stereocenters. The molecule has 4 aliphatic carbocycles. The Kier molecular flexibility index (Phi) is 7.74. The van der Waals surface area contributed by atoms with E-state index in [-0.39, 0.29) is 41.3 Å². The lowest BCUT2D eigenvalue weighted by Crippen LogP contribution is -2.67. The summed E-state index contributed by atoms with van der Waals surface area (Å²) in [5.74, 6) is -2.55. The maximum absolute atomic E-state index is 14.5. The van der Waals surface area contributed by atoms with E-state index in [2.05, 4.69) is 26.4 Å². The van der Waals surface area contributed by atoms with Crippen LogP contribution >= 0.6 is 0 Å². The van der Waals surface area contributed by atoms with Gasteiger partial charge in [-0.3, -0.25) is 28.8 Å². The highest BCUT2D eigenvalue weighted by Crippen LogP contribution is 2.74. The molecule has 7 rings (SSSR count). The summed E-state index contributed by atoms with van der Waals surface area (Å²) >= 11 is 0. The zero-order valence-electron chi connectivity index (χ0n) is 27.6. The van der Waals surface area contributed by atoms with Crippen LogP contribution < -0.4 is 21.3 Å². The number of nitrogens with one attached hydrogen (secondary N) is 4. The monoisotopic (exact) mass is 650 g/mol. The van der Waals surface area contributed by atoms with Crippen LogP contribution in [0.25, 0.3) is 0 Å². The van der Waals surface area contributed by atoms with Crippen LogP contribution in [-0.4, -0.2) is 82.1 Å². The van der Waals surface area contributed by atoms with E-state index in [1.165, 1.54) is 6.07 Å². The summed E-state index contributed by atoms with van der Waals surface area (Å²) in [5, 5.41) is 15.3. The lowest BCUT2D eigenvalue weighted by molar-refractivity contribution is -0.150. The Labute approximate surface area is 274 Å². The van der Waals surface area contributed by atoms with Crippen molar-refractivity contribution in [1.29, 1.82) is 0 Å². The first-order chi connectivity index (χ1) is 22.3. The van der Waals surface area contributed by atoms with Gasteiger partial charge in [0.25, 0.3) is 11.8 Å². The number of ketones is 1. The number of piperidine rings is 1. The van der Waals surface area contributed by atoms with E-state index in [4.69, 9.17) is 4.52 Å². The van der Waals surface area contributed by atoms with Crippen molar-refractivity contribution in [1.82, 2.24) is 31.3 Å². The third kappa shape index (κ3) is 5.52. The van der Waals surface area contributed by atoms with Crippen LogP contribution in [0.3, 0.4) is 0 Å². The third-order valence-corrected chi connectivity index (χ3v) is 11.7. The highest BCUT2D eigenvalue weighted by Gasteiger charge is 2.78. The Morgan fingerprint density at radius 2 is 1.79 bits per heavy atom. The Balaban J connectivity index is 1.11. The van der Waals surface area contributed by atoms with Crippen LogP contribution in [0.4, 0.5) is 0 Å². The number of carbonyl (C=O) groups excluding carboxylic acids is 6. The Hall–Kier alpha value is -3.77. The fourth-order valence-corrected chi connectivity index (χ4v) is 9.29. The van der Waals surface area contributed by atoms with Crippen molar-refractivity contribution < 1.29 is 33.3 Å². The second-order valence-electron chi connectivity index (χ2n) is 16.0. The number of Topliss-reactive ketones (excluding diaryl/α,β-unsaturated/α-hetero) is 1. The van der Waals surface area contributed by atoms with Crippen LogP contribution in [0.5, 0.6) is 0 Å². The molecule has 2 saturated heterocycles. The van der Waals surface area contributed by atoms with E-state index < -0.39 is 64.4 Å². The molecule has 2 aliphatic heterocycles. The summed E-state index contributed by atoms with van der Waals surface area (Å²) in [7, 11) is 0. The number of amides is 5. The first-order valence-electron chi connectivity index (χ1n) is 17.3. The lowest BCUT2D eigenvalue weighted by atomic mass is 9.72. The molecule has 1 aromatic rings. The molecule has 0 bridgehead atoms. The lowest BCUT2D eigenvalue weighted by Gasteiger charge is -2.43. The molecule has 4 N–H and O–H groups in total. The summed E-state index contributed by atoms with van der Waals surface area (Å²) in [6, 6.07) is -1.97. The fraction of sp³-hybridized carbons (Fsp3) is 0.735. The van der Waals surface area contributed by atoms with Gasteiger partial charge in [0, 0.05) is 30.0 Å². The van der Waals surface area contributed by atoms with Crippen molar-refractivity contribution in [3.8, 4) is 0 Å². The highest BCUT2D eigenvalue weighted by molar-refractivity contribution is 6.39. The second-order valence-corrected chi connectivity index (χ2v) is 16.0. The zero-order valence-corrected chi connectivity index (χ0v) is 27.6. The van der Waals surface area contributed by atoms with E-state index in [1.807, 2.05) is 20.8 Å². The second kappa shape index (κ2) is 11.4. The molecule has 1 spiro atoms. The molecular weight excluding hydrogens is 604 g/mol. The maximum Gasteiger partial charge on any atom is 0.289 e. The van der Waals surface area contributed by atoms with Gasteiger partial charge in [0.2, 0.25) is 23.5 Å². The standard InChI is InChI=1S/C34H46N6O7/c1-16-12-21(39-47-16)28(42)36-23(17-8-6-5-7-9-17)29(43)38-27(33(2,3)4)32(46)40-15-18-13-19-14-34(19)22(18)24(40)30(44)37-26(34)25(41)31(45)35-20-10-11-20/h12,17-20,22-24,26-27H,5-11,13-15H2,1-4H3,(H,35,45)(H,36,42)(H,37,44)(H,38,43)/t18-,19?,22-,23-,24-,26+,27+,34?/m0/s1. The van der Waals surface area contributed by atoms with Gasteiger partial charge in [0.1, 0.15) is 29.9 Å². The Bertz CT molecular complexity index is 1510. The molecule has 4 saturated carbocycles. The number of aromatic nitrogens is 1. The van der Waals surface area contributed by atoms with Crippen LogP contribution in [-0.2, 0) is 24.0 Å². The smallest absolute Gasteiger partial charge is 0.289 e. The first kappa shape index (κ1) is 31.8. The van der Waals surface area contributed by atoms with Crippen LogP contribution in [0, 0.1) is 41.4 Å². The molecule has 3 heterocycles. The van der Waals surface area contributed by atoms with Crippen molar-refractivity contribution in [2.24, 2.45) is 34.5 Å². The van der Waals surface area contributed by atoms with Crippen molar-refractivity contribution in [3.63, 3.8) is 0 Å². The molecule has 6 aliphatic rings. The number of rotatable bonds is 9. The first-order valence-corrected chi connectivity index (χ1v) is 17.3. The molecule has 6 fully saturated rings. The molecule has 13 nitrogen and oxygen atoms in total. The third-order valence-electron chi connectivity index (χ3n) is 11.7. The van der Waals surface area contributed by atoms with E-state index >= 15 is 0 Å². The predicted molar refractivity (Wildman–Crippen MR) is 166 cm³/mol. The largest absolute Gasteiger partial charge is 0.361 e. The Morgan fingerprint density at radius 1 is 1.06 bits per heavy atom. The van der Waals surface area contributed by atoms with Crippen molar-refractivity contribution >= 4 is 35.3 Å². The fourth-order valence-electron chi connectivity index (χ4n) is 9.29.